The van der Waals surface area contributed by atoms with Crippen LogP contribution in [0.15, 0.2) is 24.3 Å². The Morgan fingerprint density at radius 1 is 0.929 bits per heavy atom. The van der Waals surface area contributed by atoms with Gasteiger partial charge >= 0.3 is 0 Å². The lowest BCUT2D eigenvalue weighted by Gasteiger charge is -1.99. The molecule has 72 valence electrons. The molecule has 0 amide bonds. The molecule has 1 heteroatoms. The van der Waals surface area contributed by atoms with Crippen molar-refractivity contribution in [2.75, 3.05) is 0 Å². The maximum absolute atomic E-state index is 13.5. The summed E-state index contributed by atoms with van der Waals surface area (Å²) < 4.78 is 13.5. The van der Waals surface area contributed by atoms with E-state index in [4.69, 9.17) is 0 Å². The average Bonchev–Trinajstić information content (AvgIpc) is 2.41. The Hall–Kier alpha value is -1.37. The third-order valence-corrected chi connectivity index (χ3v) is 2.61. The lowest BCUT2D eigenvalue weighted by Crippen LogP contribution is -1.80. The summed E-state index contributed by atoms with van der Waals surface area (Å²) in [6.45, 7) is 6.02. The van der Waals surface area contributed by atoms with Crippen molar-refractivity contribution in [1.29, 1.82) is 0 Å². The van der Waals surface area contributed by atoms with Gasteiger partial charge in [-0.05, 0) is 43.5 Å². The van der Waals surface area contributed by atoms with Gasteiger partial charge in [0.15, 0.2) is 0 Å². The molecule has 0 radical (unpaired) electrons. The van der Waals surface area contributed by atoms with Crippen LogP contribution in [0.3, 0.4) is 0 Å². The van der Waals surface area contributed by atoms with Crippen molar-refractivity contribution in [1.82, 2.24) is 0 Å². The zero-order valence-electron chi connectivity index (χ0n) is 8.69. The Morgan fingerprint density at radius 3 is 2.29 bits per heavy atom. The summed E-state index contributed by atoms with van der Waals surface area (Å²) in [4.78, 5) is 0. The van der Waals surface area contributed by atoms with E-state index in [1.54, 1.807) is 6.07 Å². The van der Waals surface area contributed by atoms with Crippen LogP contribution in [0.1, 0.15) is 16.7 Å². The van der Waals surface area contributed by atoms with Gasteiger partial charge in [-0.25, -0.2) is 4.39 Å². The first kappa shape index (κ1) is 9.20. The second-order valence-corrected chi connectivity index (χ2v) is 3.87. The lowest BCUT2D eigenvalue weighted by atomic mass is 10.1. The summed E-state index contributed by atoms with van der Waals surface area (Å²) in [5.74, 6) is -0.115. The number of hydrogen-bond acceptors (Lipinski definition) is 0. The SMILES string of the molecule is Cc1cc(C)c2ccc(F)c-2c(C)c1. The van der Waals surface area contributed by atoms with Gasteiger partial charge in [0.25, 0.3) is 0 Å². The van der Waals surface area contributed by atoms with E-state index < -0.39 is 0 Å². The third kappa shape index (κ3) is 1.29. The molecule has 2 aliphatic carbocycles. The topological polar surface area (TPSA) is 0 Å². The van der Waals surface area contributed by atoms with Crippen LogP contribution in [-0.4, -0.2) is 0 Å². The van der Waals surface area contributed by atoms with Crippen molar-refractivity contribution in [3.05, 3.63) is 46.8 Å². The average molecular weight is 188 g/mol. The van der Waals surface area contributed by atoms with Crippen LogP contribution in [0.25, 0.3) is 11.1 Å². The molecule has 0 atom stereocenters. The highest BCUT2D eigenvalue weighted by Crippen LogP contribution is 2.32. The highest BCUT2D eigenvalue weighted by atomic mass is 19.1. The fraction of sp³-hybridized carbons (Fsp3) is 0.231. The van der Waals surface area contributed by atoms with Gasteiger partial charge in [-0.2, -0.15) is 0 Å². The Bertz CT molecular complexity index is 458. The second kappa shape index (κ2) is 3.09. The van der Waals surface area contributed by atoms with Gasteiger partial charge in [-0.3, -0.25) is 0 Å². The van der Waals surface area contributed by atoms with E-state index >= 15 is 0 Å². The molecule has 0 unspecified atom stereocenters. The Labute approximate surface area is 83.7 Å². The summed E-state index contributed by atoms with van der Waals surface area (Å²) in [6, 6.07) is 7.51. The Kier molecular flexibility index (Phi) is 2.03. The van der Waals surface area contributed by atoms with Gasteiger partial charge in [0, 0.05) is 5.56 Å². The van der Waals surface area contributed by atoms with E-state index in [9.17, 15) is 4.39 Å². The van der Waals surface area contributed by atoms with E-state index in [1.165, 1.54) is 5.56 Å². The molecule has 0 nitrogen and oxygen atoms in total. The summed E-state index contributed by atoms with van der Waals surface area (Å²) in [7, 11) is 0. The third-order valence-electron chi connectivity index (χ3n) is 2.61. The smallest absolute Gasteiger partial charge is 0.131 e. The zero-order valence-corrected chi connectivity index (χ0v) is 8.69. The number of halogens is 1. The summed E-state index contributed by atoms with van der Waals surface area (Å²) in [5, 5.41) is 0. The molecule has 0 aromatic carbocycles. The monoisotopic (exact) mass is 188 g/mol. The molecule has 0 saturated heterocycles. The molecule has 0 aliphatic heterocycles. The van der Waals surface area contributed by atoms with Crippen molar-refractivity contribution in [3.8, 4) is 11.1 Å². The van der Waals surface area contributed by atoms with Gasteiger partial charge in [0.1, 0.15) is 5.82 Å². The molecule has 0 aromatic heterocycles. The molecule has 0 N–H and O–H groups in total. The largest absolute Gasteiger partial charge is 0.206 e. The maximum atomic E-state index is 13.5. The lowest BCUT2D eigenvalue weighted by molar-refractivity contribution is 0.635. The molecule has 0 saturated carbocycles. The Balaban J connectivity index is 2.88. The van der Waals surface area contributed by atoms with Crippen molar-refractivity contribution in [2.45, 2.75) is 20.8 Å². The van der Waals surface area contributed by atoms with Crippen LogP contribution in [0.2, 0.25) is 0 Å². The van der Waals surface area contributed by atoms with E-state index in [2.05, 4.69) is 6.07 Å². The fourth-order valence-electron chi connectivity index (χ4n) is 2.06. The fourth-order valence-corrected chi connectivity index (χ4v) is 2.06. The molecule has 0 aromatic rings. The molecule has 0 bridgehead atoms. The maximum Gasteiger partial charge on any atom is 0.131 e. The van der Waals surface area contributed by atoms with Gasteiger partial charge < -0.3 is 0 Å². The van der Waals surface area contributed by atoms with Crippen molar-refractivity contribution >= 4 is 0 Å². The predicted molar refractivity (Wildman–Crippen MR) is 57.2 cm³/mol. The first-order valence-electron chi connectivity index (χ1n) is 4.75. The molecular weight excluding hydrogens is 175 g/mol. The zero-order chi connectivity index (χ0) is 10.3. The molecule has 2 aliphatic rings. The number of rotatable bonds is 0. The minimum Gasteiger partial charge on any atom is -0.206 e. The molecule has 14 heavy (non-hydrogen) atoms. The van der Waals surface area contributed by atoms with Crippen LogP contribution >= 0.6 is 0 Å². The minimum absolute atomic E-state index is 0.115. The van der Waals surface area contributed by atoms with E-state index in [-0.39, 0.29) is 5.82 Å². The van der Waals surface area contributed by atoms with Crippen LogP contribution in [0.4, 0.5) is 4.39 Å². The normalized spacial score (nSPS) is 10.9. The van der Waals surface area contributed by atoms with Crippen LogP contribution in [-0.2, 0) is 0 Å². The standard InChI is InChI=1S/C13H13F/c1-8-6-9(2)11-4-5-12(14)13(11)10(3)7-8/h4-7H,1-3H3. The van der Waals surface area contributed by atoms with E-state index in [0.717, 1.165) is 22.3 Å². The van der Waals surface area contributed by atoms with Gasteiger partial charge in [0.05, 0.1) is 0 Å². The molecular formula is C13H13F. The summed E-state index contributed by atoms with van der Waals surface area (Å²) >= 11 is 0. The summed E-state index contributed by atoms with van der Waals surface area (Å²) in [5.41, 5.74) is 5.10. The predicted octanol–water partition coefficient (Wildman–Crippen LogP) is 3.86. The van der Waals surface area contributed by atoms with Crippen molar-refractivity contribution < 1.29 is 4.39 Å². The first-order chi connectivity index (χ1) is 6.59. The van der Waals surface area contributed by atoms with Crippen LogP contribution < -0.4 is 0 Å². The number of hydrogen-bond donors (Lipinski definition) is 0. The van der Waals surface area contributed by atoms with Crippen molar-refractivity contribution in [2.24, 2.45) is 0 Å². The molecule has 0 heterocycles. The molecule has 0 spiro atoms. The number of aryl methyl sites for hydroxylation is 3. The Morgan fingerprint density at radius 2 is 1.57 bits per heavy atom. The molecule has 2 rings (SSSR count). The number of fused-ring (bicyclic) bond motifs is 1. The quantitative estimate of drug-likeness (QED) is 0.589. The van der Waals surface area contributed by atoms with Crippen molar-refractivity contribution in [3.63, 3.8) is 0 Å². The van der Waals surface area contributed by atoms with Crippen LogP contribution in [0, 0.1) is 26.6 Å². The van der Waals surface area contributed by atoms with Gasteiger partial charge in [0.2, 0.25) is 0 Å². The minimum atomic E-state index is -0.115. The van der Waals surface area contributed by atoms with Gasteiger partial charge in [-0.1, -0.05) is 23.8 Å². The highest BCUT2D eigenvalue weighted by Gasteiger charge is 2.13. The molecule has 0 fully saturated rings. The highest BCUT2D eigenvalue weighted by molar-refractivity contribution is 5.73. The van der Waals surface area contributed by atoms with E-state index in [1.807, 2.05) is 32.9 Å². The second-order valence-electron chi connectivity index (χ2n) is 3.87. The first-order valence-corrected chi connectivity index (χ1v) is 4.75. The van der Waals surface area contributed by atoms with Crippen LogP contribution in [0.5, 0.6) is 0 Å². The van der Waals surface area contributed by atoms with Gasteiger partial charge in [-0.15, -0.1) is 0 Å². The van der Waals surface area contributed by atoms with E-state index in [0.29, 0.717) is 0 Å². The summed E-state index contributed by atoms with van der Waals surface area (Å²) in [6.07, 6.45) is 0.